The van der Waals surface area contributed by atoms with Crippen LogP contribution in [0.1, 0.15) is 18.4 Å². The average Bonchev–Trinajstić information content (AvgIpc) is 3.07. The van der Waals surface area contributed by atoms with E-state index in [2.05, 4.69) is 0 Å². The van der Waals surface area contributed by atoms with Crippen molar-refractivity contribution in [2.75, 3.05) is 13.2 Å². The first-order valence-electron chi connectivity index (χ1n) is 5.88. The van der Waals surface area contributed by atoms with Crippen LogP contribution >= 0.6 is 11.6 Å². The lowest BCUT2D eigenvalue weighted by atomic mass is 10.1. The molecule has 0 unspecified atom stereocenters. The number of rotatable bonds is 2. The standard InChI is InChI=1S/C13H13ClO4/c14-9-3-8(5-11(15)16)4-10-12(9)18-7-13(1-2-13)6-17-10/h3-4H,1-2,5-7H2,(H,15,16). The van der Waals surface area contributed by atoms with Crippen LogP contribution in [0.15, 0.2) is 12.1 Å². The average molecular weight is 269 g/mol. The molecule has 96 valence electrons. The molecular formula is C13H13ClO4. The van der Waals surface area contributed by atoms with E-state index in [-0.39, 0.29) is 11.8 Å². The minimum atomic E-state index is -0.890. The number of carbonyl (C=O) groups is 1. The van der Waals surface area contributed by atoms with Crippen molar-refractivity contribution in [2.45, 2.75) is 19.3 Å². The zero-order chi connectivity index (χ0) is 12.8. The summed E-state index contributed by atoms with van der Waals surface area (Å²) in [5, 5.41) is 9.21. The van der Waals surface area contributed by atoms with Crippen LogP contribution in [0.4, 0.5) is 0 Å². The van der Waals surface area contributed by atoms with Gasteiger partial charge in [0.05, 0.1) is 24.7 Å². The fourth-order valence-electron chi connectivity index (χ4n) is 2.11. The van der Waals surface area contributed by atoms with Gasteiger partial charge in [-0.05, 0) is 30.5 Å². The molecule has 0 amide bonds. The maximum atomic E-state index is 10.7. The summed E-state index contributed by atoms with van der Waals surface area (Å²) in [6.07, 6.45) is 2.16. The van der Waals surface area contributed by atoms with E-state index < -0.39 is 5.97 Å². The van der Waals surface area contributed by atoms with Crippen molar-refractivity contribution in [3.8, 4) is 11.5 Å². The molecule has 1 saturated carbocycles. The number of carboxylic acid groups (broad SMARTS) is 1. The number of benzene rings is 1. The molecule has 1 heterocycles. The molecule has 1 N–H and O–H groups in total. The molecule has 0 aromatic heterocycles. The van der Waals surface area contributed by atoms with Gasteiger partial charge in [-0.2, -0.15) is 0 Å². The lowest BCUT2D eigenvalue weighted by molar-refractivity contribution is -0.136. The van der Waals surface area contributed by atoms with Gasteiger partial charge < -0.3 is 14.6 Å². The molecule has 3 rings (SSSR count). The first-order valence-corrected chi connectivity index (χ1v) is 6.26. The summed E-state index contributed by atoms with van der Waals surface area (Å²) in [6.45, 7) is 1.24. The van der Waals surface area contributed by atoms with Crippen molar-refractivity contribution < 1.29 is 19.4 Å². The Kier molecular flexibility index (Phi) is 2.63. The van der Waals surface area contributed by atoms with Crippen LogP contribution in [0.5, 0.6) is 11.5 Å². The zero-order valence-electron chi connectivity index (χ0n) is 9.74. The van der Waals surface area contributed by atoms with Crippen LogP contribution < -0.4 is 9.47 Å². The van der Waals surface area contributed by atoms with Crippen LogP contribution in [0.2, 0.25) is 5.02 Å². The second kappa shape index (κ2) is 4.05. The highest BCUT2D eigenvalue weighted by atomic mass is 35.5. The zero-order valence-corrected chi connectivity index (χ0v) is 10.5. The van der Waals surface area contributed by atoms with Crippen molar-refractivity contribution in [1.82, 2.24) is 0 Å². The van der Waals surface area contributed by atoms with E-state index in [0.717, 1.165) is 12.8 Å². The smallest absolute Gasteiger partial charge is 0.307 e. The number of aliphatic carboxylic acids is 1. The predicted molar refractivity (Wildman–Crippen MR) is 65.4 cm³/mol. The highest BCUT2D eigenvalue weighted by Gasteiger charge is 2.46. The first-order chi connectivity index (χ1) is 8.58. The summed E-state index contributed by atoms with van der Waals surface area (Å²) in [5.41, 5.74) is 0.775. The fourth-order valence-corrected chi connectivity index (χ4v) is 2.40. The molecule has 1 spiro atoms. The van der Waals surface area contributed by atoms with Gasteiger partial charge in [0.25, 0.3) is 0 Å². The molecule has 1 aliphatic carbocycles. The molecule has 0 saturated heterocycles. The monoisotopic (exact) mass is 268 g/mol. The van der Waals surface area contributed by atoms with Gasteiger partial charge in [-0.3, -0.25) is 4.79 Å². The molecule has 0 bridgehead atoms. The molecule has 0 radical (unpaired) electrons. The first kappa shape index (κ1) is 11.7. The third-order valence-electron chi connectivity index (χ3n) is 3.44. The van der Waals surface area contributed by atoms with Crippen LogP contribution in [0.25, 0.3) is 0 Å². The molecule has 0 atom stereocenters. The van der Waals surface area contributed by atoms with Crippen molar-refractivity contribution in [3.63, 3.8) is 0 Å². The Morgan fingerprint density at radius 3 is 2.72 bits per heavy atom. The highest BCUT2D eigenvalue weighted by Crippen LogP contribution is 2.50. The number of fused-ring (bicyclic) bond motifs is 1. The third-order valence-corrected chi connectivity index (χ3v) is 3.72. The van der Waals surface area contributed by atoms with E-state index in [0.29, 0.717) is 35.3 Å². The minimum Gasteiger partial charge on any atom is -0.489 e. The molecule has 1 aromatic carbocycles. The number of hydrogen-bond acceptors (Lipinski definition) is 3. The Morgan fingerprint density at radius 2 is 2.06 bits per heavy atom. The fraction of sp³-hybridized carbons (Fsp3) is 0.462. The van der Waals surface area contributed by atoms with Gasteiger partial charge in [-0.1, -0.05) is 11.6 Å². The molecule has 1 fully saturated rings. The van der Waals surface area contributed by atoms with Gasteiger partial charge in [0.15, 0.2) is 11.5 Å². The SMILES string of the molecule is O=C(O)Cc1cc(Cl)c2c(c1)OCC1(CC1)CO2. The van der Waals surface area contributed by atoms with E-state index in [9.17, 15) is 4.79 Å². The number of ether oxygens (including phenoxy) is 2. The molecule has 1 aromatic rings. The van der Waals surface area contributed by atoms with Crippen LogP contribution in [0, 0.1) is 5.41 Å². The van der Waals surface area contributed by atoms with Crippen LogP contribution in [0.3, 0.4) is 0 Å². The van der Waals surface area contributed by atoms with Crippen LogP contribution in [-0.4, -0.2) is 24.3 Å². The number of carboxylic acids is 1. The van der Waals surface area contributed by atoms with E-state index >= 15 is 0 Å². The second-order valence-corrected chi connectivity index (χ2v) is 5.46. The number of halogens is 1. The van der Waals surface area contributed by atoms with Crippen molar-refractivity contribution in [1.29, 1.82) is 0 Å². The second-order valence-electron chi connectivity index (χ2n) is 5.05. The Bertz CT molecular complexity index is 508. The van der Waals surface area contributed by atoms with E-state index in [1.54, 1.807) is 12.1 Å². The molecule has 5 heteroatoms. The normalized spacial score (nSPS) is 19.4. The molecule has 4 nitrogen and oxygen atoms in total. The van der Waals surface area contributed by atoms with Gasteiger partial charge in [0.2, 0.25) is 0 Å². The van der Waals surface area contributed by atoms with E-state index in [1.165, 1.54) is 0 Å². The van der Waals surface area contributed by atoms with Crippen molar-refractivity contribution in [3.05, 3.63) is 22.7 Å². The predicted octanol–water partition coefficient (Wildman–Crippen LogP) is 2.52. The van der Waals surface area contributed by atoms with E-state index in [4.69, 9.17) is 26.2 Å². The Morgan fingerprint density at radius 1 is 1.33 bits per heavy atom. The molecule has 18 heavy (non-hydrogen) atoms. The topological polar surface area (TPSA) is 55.8 Å². The minimum absolute atomic E-state index is 0.0680. The van der Waals surface area contributed by atoms with Gasteiger partial charge in [0.1, 0.15) is 0 Å². The summed E-state index contributed by atoms with van der Waals surface area (Å²) in [5.74, 6) is 0.205. The van der Waals surface area contributed by atoms with Crippen LogP contribution in [-0.2, 0) is 11.2 Å². The Balaban J connectivity index is 1.91. The lowest BCUT2D eigenvalue weighted by Crippen LogP contribution is -2.17. The summed E-state index contributed by atoms with van der Waals surface area (Å²) in [4.78, 5) is 10.7. The Hall–Kier alpha value is -1.42. The molecule has 1 aliphatic heterocycles. The van der Waals surface area contributed by atoms with Gasteiger partial charge in [-0.15, -0.1) is 0 Å². The van der Waals surface area contributed by atoms with Gasteiger partial charge in [-0.25, -0.2) is 0 Å². The van der Waals surface area contributed by atoms with Gasteiger partial charge >= 0.3 is 5.97 Å². The quantitative estimate of drug-likeness (QED) is 0.895. The third kappa shape index (κ3) is 2.12. The largest absolute Gasteiger partial charge is 0.489 e. The van der Waals surface area contributed by atoms with Crippen molar-refractivity contribution in [2.24, 2.45) is 5.41 Å². The maximum Gasteiger partial charge on any atom is 0.307 e. The Labute approximate surface area is 109 Å². The summed E-state index contributed by atoms with van der Waals surface area (Å²) in [7, 11) is 0. The van der Waals surface area contributed by atoms with Crippen molar-refractivity contribution >= 4 is 17.6 Å². The summed E-state index contributed by atoms with van der Waals surface area (Å²) < 4.78 is 11.4. The summed E-state index contributed by atoms with van der Waals surface area (Å²) in [6, 6.07) is 3.33. The molecule has 2 aliphatic rings. The van der Waals surface area contributed by atoms with E-state index in [1.807, 2.05) is 0 Å². The maximum absolute atomic E-state index is 10.7. The highest BCUT2D eigenvalue weighted by molar-refractivity contribution is 6.32. The number of hydrogen-bond donors (Lipinski definition) is 1. The summed E-state index contributed by atoms with van der Waals surface area (Å²) >= 11 is 6.12. The lowest BCUT2D eigenvalue weighted by Gasteiger charge is -2.10. The van der Waals surface area contributed by atoms with Gasteiger partial charge in [0, 0.05) is 5.41 Å². The molecular weight excluding hydrogens is 256 g/mol.